The minimum absolute atomic E-state index is 0.463. The molecule has 0 aromatic carbocycles. The molecule has 13 nitrogen and oxygen atoms in total. The third kappa shape index (κ3) is 4.59. The summed E-state index contributed by atoms with van der Waals surface area (Å²) < 4.78 is 57.7. The van der Waals surface area contributed by atoms with Gasteiger partial charge in [-0.1, -0.05) is 0 Å². The van der Waals surface area contributed by atoms with Crippen molar-refractivity contribution in [2.24, 2.45) is 0 Å². The predicted octanol–water partition coefficient (Wildman–Crippen LogP) is 0.584. The van der Waals surface area contributed by atoms with Crippen molar-refractivity contribution in [3.63, 3.8) is 0 Å². The van der Waals surface area contributed by atoms with Crippen LogP contribution in [0.15, 0.2) is 21.9 Å². The van der Waals surface area contributed by atoms with Crippen LogP contribution in [-0.4, -0.2) is 64.3 Å². The molecular formula is C16H22FN2O11P. The summed E-state index contributed by atoms with van der Waals surface area (Å²) in [5.41, 5.74) is -5.67. The van der Waals surface area contributed by atoms with Crippen LogP contribution in [0.4, 0.5) is 9.18 Å². The van der Waals surface area contributed by atoms with E-state index >= 15 is 0 Å². The molecule has 3 rings (SSSR count). The molecule has 2 saturated heterocycles. The standard InChI is InChI=1S/C16H22FN2O11P/c1-9(2)28-14(22)25-8-27-31(24)26-7-16(6-17)11(30-31)15(3,23)12(29-16)19-5-4-10(20)18-13(19)21/h4-5,9,11-12,23H,6-8H2,1-3H3,(H,18,20,21)/t11-,12+,15+,16+,31?/m0/s1. The molecule has 5 atom stereocenters. The first-order chi connectivity index (χ1) is 14.4. The molecule has 0 saturated carbocycles. The molecule has 2 aliphatic rings. The Bertz CT molecular complexity index is 992. The second-order valence-corrected chi connectivity index (χ2v) is 9.05. The van der Waals surface area contributed by atoms with Crippen molar-refractivity contribution in [2.45, 2.75) is 50.4 Å². The van der Waals surface area contributed by atoms with E-state index in [1.807, 2.05) is 4.98 Å². The summed E-state index contributed by atoms with van der Waals surface area (Å²) in [7, 11) is -4.43. The van der Waals surface area contributed by atoms with E-state index in [1.165, 1.54) is 6.92 Å². The van der Waals surface area contributed by atoms with Crippen molar-refractivity contribution in [3.8, 4) is 0 Å². The highest BCUT2D eigenvalue weighted by molar-refractivity contribution is 7.48. The third-order valence-electron chi connectivity index (χ3n) is 4.61. The van der Waals surface area contributed by atoms with Crippen molar-refractivity contribution in [1.82, 2.24) is 9.55 Å². The number of carbonyl (C=O) groups is 1. The number of fused-ring (bicyclic) bond motifs is 1. The summed E-state index contributed by atoms with van der Waals surface area (Å²) in [4.78, 5) is 36.8. The van der Waals surface area contributed by atoms with E-state index in [2.05, 4.69) is 4.74 Å². The van der Waals surface area contributed by atoms with E-state index < -0.39 is 74.9 Å². The number of ether oxygens (including phenoxy) is 3. The van der Waals surface area contributed by atoms with Gasteiger partial charge in [-0.05, 0) is 20.8 Å². The Hall–Kier alpha value is -2.09. The van der Waals surface area contributed by atoms with Gasteiger partial charge >= 0.3 is 19.7 Å². The molecule has 0 spiro atoms. The molecule has 1 unspecified atom stereocenters. The lowest BCUT2D eigenvalue weighted by molar-refractivity contribution is -0.159. The lowest BCUT2D eigenvalue weighted by Gasteiger charge is -2.40. The molecule has 2 aliphatic heterocycles. The summed E-state index contributed by atoms with van der Waals surface area (Å²) in [6.07, 6.45) is -3.64. The molecule has 0 radical (unpaired) electrons. The first-order valence-corrected chi connectivity index (χ1v) is 10.6. The van der Waals surface area contributed by atoms with Crippen molar-refractivity contribution in [1.29, 1.82) is 0 Å². The molecule has 1 aromatic rings. The Morgan fingerprint density at radius 1 is 1.48 bits per heavy atom. The zero-order valence-corrected chi connectivity index (χ0v) is 17.7. The lowest BCUT2D eigenvalue weighted by Crippen LogP contribution is -2.56. The van der Waals surface area contributed by atoms with Gasteiger partial charge < -0.3 is 19.3 Å². The summed E-state index contributed by atoms with van der Waals surface area (Å²) in [6.45, 7) is 1.56. The first kappa shape index (κ1) is 23.6. The van der Waals surface area contributed by atoms with E-state index in [9.17, 15) is 28.4 Å². The molecule has 1 aromatic heterocycles. The first-order valence-electron chi connectivity index (χ1n) is 9.11. The number of aliphatic hydroxyl groups is 1. The zero-order valence-electron chi connectivity index (χ0n) is 16.8. The number of aromatic amines is 1. The number of phosphoric ester groups is 1. The van der Waals surface area contributed by atoms with Gasteiger partial charge in [0.2, 0.25) is 6.79 Å². The smallest absolute Gasteiger partial charge is 0.432 e. The number of rotatable bonds is 6. The van der Waals surface area contributed by atoms with Crippen LogP contribution < -0.4 is 11.2 Å². The number of hydrogen-bond donors (Lipinski definition) is 2. The molecule has 174 valence electrons. The SMILES string of the molecule is CC(C)OC(=O)OCOP1(=O)OC[C@@]2(CF)O[C@@H](n3ccc(=O)[nH]c3=O)[C@](C)(O)[C@@H]2O1. The average molecular weight is 468 g/mol. The topological polar surface area (TPSA) is 165 Å². The normalized spacial score (nSPS) is 35.0. The van der Waals surface area contributed by atoms with E-state index in [0.29, 0.717) is 0 Å². The molecule has 0 aliphatic carbocycles. The Morgan fingerprint density at radius 2 is 2.19 bits per heavy atom. The number of hydrogen-bond acceptors (Lipinski definition) is 11. The Kier molecular flexibility index (Phi) is 6.42. The third-order valence-corrected chi connectivity index (χ3v) is 5.94. The van der Waals surface area contributed by atoms with Crippen molar-refractivity contribution in [3.05, 3.63) is 33.1 Å². The van der Waals surface area contributed by atoms with Crippen LogP contribution in [-0.2, 0) is 32.3 Å². The van der Waals surface area contributed by atoms with Crippen LogP contribution in [0.2, 0.25) is 0 Å². The number of aromatic nitrogens is 2. The van der Waals surface area contributed by atoms with Gasteiger partial charge in [0.25, 0.3) is 5.56 Å². The van der Waals surface area contributed by atoms with Crippen LogP contribution in [0.1, 0.15) is 27.0 Å². The highest BCUT2D eigenvalue weighted by Crippen LogP contribution is 2.61. The van der Waals surface area contributed by atoms with Gasteiger partial charge in [-0.2, -0.15) is 0 Å². The minimum atomic E-state index is -4.43. The molecule has 3 heterocycles. The van der Waals surface area contributed by atoms with Crippen molar-refractivity contribution < 1.29 is 46.6 Å². The Labute approximate surface area is 174 Å². The molecule has 0 amide bonds. The highest BCUT2D eigenvalue weighted by Gasteiger charge is 2.68. The van der Waals surface area contributed by atoms with Gasteiger partial charge in [-0.3, -0.25) is 23.4 Å². The molecule has 15 heteroatoms. The van der Waals surface area contributed by atoms with Gasteiger partial charge in [0.05, 0.1) is 12.7 Å². The van der Waals surface area contributed by atoms with Crippen molar-refractivity contribution >= 4 is 14.0 Å². The Balaban J connectivity index is 1.80. The van der Waals surface area contributed by atoms with Crippen molar-refractivity contribution in [2.75, 3.05) is 20.1 Å². The van der Waals surface area contributed by atoms with E-state index in [0.717, 1.165) is 16.8 Å². The number of carbonyl (C=O) groups excluding carboxylic acids is 1. The van der Waals surface area contributed by atoms with Gasteiger partial charge in [0.1, 0.15) is 18.4 Å². The second kappa shape index (κ2) is 8.45. The zero-order chi connectivity index (χ0) is 23.0. The lowest BCUT2D eigenvalue weighted by atomic mass is 9.88. The van der Waals surface area contributed by atoms with Gasteiger partial charge in [0.15, 0.2) is 11.8 Å². The molecule has 2 fully saturated rings. The van der Waals surface area contributed by atoms with E-state index in [4.69, 9.17) is 23.0 Å². The summed E-state index contributed by atoms with van der Waals surface area (Å²) >= 11 is 0. The fraction of sp³-hybridized carbons (Fsp3) is 0.688. The fourth-order valence-electron chi connectivity index (χ4n) is 3.25. The Morgan fingerprint density at radius 3 is 2.81 bits per heavy atom. The maximum atomic E-state index is 14.0. The monoisotopic (exact) mass is 468 g/mol. The summed E-state index contributed by atoms with van der Waals surface area (Å²) in [5.74, 6) is 0. The molecular weight excluding hydrogens is 446 g/mol. The predicted molar refractivity (Wildman–Crippen MR) is 97.9 cm³/mol. The maximum absolute atomic E-state index is 14.0. The number of nitrogens with one attached hydrogen (secondary N) is 1. The summed E-state index contributed by atoms with van der Waals surface area (Å²) in [6, 6.07) is 1.00. The number of alkyl halides is 1. The minimum Gasteiger partial charge on any atom is -0.432 e. The summed E-state index contributed by atoms with van der Waals surface area (Å²) in [5, 5.41) is 11.0. The second-order valence-electron chi connectivity index (χ2n) is 7.43. The van der Waals surface area contributed by atoms with Gasteiger partial charge in [0, 0.05) is 12.3 Å². The van der Waals surface area contributed by atoms with Gasteiger partial charge in [-0.25, -0.2) is 23.1 Å². The quantitative estimate of drug-likeness (QED) is 0.341. The number of phosphoric acid groups is 1. The van der Waals surface area contributed by atoms with Crippen LogP contribution in [0.5, 0.6) is 0 Å². The largest absolute Gasteiger partial charge is 0.510 e. The molecule has 0 bridgehead atoms. The highest BCUT2D eigenvalue weighted by atomic mass is 31.2. The average Bonchev–Trinajstić information content (AvgIpc) is 2.89. The van der Waals surface area contributed by atoms with Gasteiger partial charge in [-0.15, -0.1) is 0 Å². The van der Waals surface area contributed by atoms with E-state index in [1.54, 1.807) is 13.8 Å². The maximum Gasteiger partial charge on any atom is 0.510 e. The fourth-order valence-corrected chi connectivity index (χ4v) is 4.67. The van der Waals surface area contributed by atoms with Crippen LogP contribution in [0.3, 0.4) is 0 Å². The van der Waals surface area contributed by atoms with Crippen LogP contribution in [0.25, 0.3) is 0 Å². The van der Waals surface area contributed by atoms with Crippen LogP contribution in [0, 0.1) is 0 Å². The number of H-pyrrole nitrogens is 1. The number of halogens is 1. The van der Waals surface area contributed by atoms with E-state index in [-0.39, 0.29) is 0 Å². The van der Waals surface area contributed by atoms with Crippen LogP contribution >= 0.6 is 7.82 Å². The molecule has 2 N–H and O–H groups in total. The number of nitrogens with zero attached hydrogens (tertiary/aromatic N) is 1. The molecule has 31 heavy (non-hydrogen) atoms.